The number of nitrogens with one attached hydrogen (secondary N) is 1. The molecular formula is C21H23FN2O3S. The number of sulfonamides is 1. The van der Waals surface area contributed by atoms with Crippen molar-refractivity contribution < 1.29 is 17.6 Å². The lowest BCUT2D eigenvalue weighted by molar-refractivity contribution is -0.111. The van der Waals surface area contributed by atoms with Crippen LogP contribution in [-0.4, -0.2) is 31.7 Å². The lowest BCUT2D eigenvalue weighted by Crippen LogP contribution is -2.31. The van der Waals surface area contributed by atoms with E-state index in [-0.39, 0.29) is 16.6 Å². The molecule has 0 bridgehead atoms. The van der Waals surface area contributed by atoms with Crippen LogP contribution < -0.4 is 5.32 Å². The lowest BCUT2D eigenvalue weighted by atomic mass is 10.2. The molecule has 1 amide bonds. The molecule has 2 aromatic rings. The Morgan fingerprint density at radius 1 is 0.929 bits per heavy atom. The van der Waals surface area contributed by atoms with Crippen LogP contribution in [0, 0.1) is 5.82 Å². The smallest absolute Gasteiger partial charge is 0.248 e. The van der Waals surface area contributed by atoms with E-state index >= 15 is 0 Å². The van der Waals surface area contributed by atoms with Gasteiger partial charge < -0.3 is 5.32 Å². The molecule has 0 aromatic heterocycles. The van der Waals surface area contributed by atoms with E-state index in [1.165, 1.54) is 30.3 Å². The average molecular weight is 402 g/mol. The molecule has 0 aliphatic carbocycles. The van der Waals surface area contributed by atoms with E-state index in [1.807, 2.05) is 0 Å². The molecule has 1 saturated heterocycles. The number of hydrogen-bond donors (Lipinski definition) is 1. The Morgan fingerprint density at radius 3 is 2.14 bits per heavy atom. The van der Waals surface area contributed by atoms with Crippen LogP contribution in [0.25, 0.3) is 6.08 Å². The molecule has 0 saturated carbocycles. The largest absolute Gasteiger partial charge is 0.323 e. The van der Waals surface area contributed by atoms with Crippen molar-refractivity contribution in [3.63, 3.8) is 0 Å². The molecule has 2 aromatic carbocycles. The summed E-state index contributed by atoms with van der Waals surface area (Å²) in [6.45, 7) is 1.10. The van der Waals surface area contributed by atoms with Crippen molar-refractivity contribution in [1.82, 2.24) is 4.31 Å². The summed E-state index contributed by atoms with van der Waals surface area (Å²) in [5, 5.41) is 2.68. The molecule has 1 N–H and O–H groups in total. The fourth-order valence-electron chi connectivity index (χ4n) is 3.07. The molecule has 0 unspecified atom stereocenters. The van der Waals surface area contributed by atoms with Crippen LogP contribution >= 0.6 is 0 Å². The van der Waals surface area contributed by atoms with Gasteiger partial charge in [0, 0.05) is 24.9 Å². The van der Waals surface area contributed by atoms with E-state index in [4.69, 9.17) is 0 Å². The third-order valence-electron chi connectivity index (χ3n) is 4.62. The van der Waals surface area contributed by atoms with Gasteiger partial charge in [-0.05, 0) is 60.9 Å². The second kappa shape index (κ2) is 9.12. The minimum Gasteiger partial charge on any atom is -0.323 e. The van der Waals surface area contributed by atoms with Gasteiger partial charge in [-0.1, -0.05) is 25.0 Å². The average Bonchev–Trinajstić information content (AvgIpc) is 2.98. The summed E-state index contributed by atoms with van der Waals surface area (Å²) in [7, 11) is -3.50. The van der Waals surface area contributed by atoms with Gasteiger partial charge in [0.1, 0.15) is 5.82 Å². The molecule has 148 valence electrons. The highest BCUT2D eigenvalue weighted by Crippen LogP contribution is 2.21. The molecule has 1 aliphatic heterocycles. The quantitative estimate of drug-likeness (QED) is 0.768. The molecule has 1 fully saturated rings. The zero-order chi connectivity index (χ0) is 20.0. The van der Waals surface area contributed by atoms with Crippen molar-refractivity contribution in [3.05, 3.63) is 66.0 Å². The van der Waals surface area contributed by atoms with E-state index in [1.54, 1.807) is 34.6 Å². The Morgan fingerprint density at radius 2 is 1.54 bits per heavy atom. The Bertz CT molecular complexity index is 931. The highest BCUT2D eigenvalue weighted by atomic mass is 32.2. The van der Waals surface area contributed by atoms with Gasteiger partial charge in [0.15, 0.2) is 0 Å². The predicted octanol–water partition coefficient (Wildman–Crippen LogP) is 4.04. The maximum atomic E-state index is 12.9. The summed E-state index contributed by atoms with van der Waals surface area (Å²) in [6.07, 6.45) is 6.80. The van der Waals surface area contributed by atoms with Gasteiger partial charge >= 0.3 is 0 Å². The van der Waals surface area contributed by atoms with E-state index in [9.17, 15) is 17.6 Å². The van der Waals surface area contributed by atoms with Gasteiger partial charge in [0.25, 0.3) is 0 Å². The predicted molar refractivity (Wildman–Crippen MR) is 108 cm³/mol. The van der Waals surface area contributed by atoms with Crippen molar-refractivity contribution in [2.45, 2.75) is 30.6 Å². The number of amides is 1. The van der Waals surface area contributed by atoms with E-state index in [2.05, 4.69) is 5.32 Å². The summed E-state index contributed by atoms with van der Waals surface area (Å²) < 4.78 is 39.9. The minimum atomic E-state index is -3.50. The van der Waals surface area contributed by atoms with E-state index < -0.39 is 10.0 Å². The number of halogens is 1. The van der Waals surface area contributed by atoms with E-state index in [0.29, 0.717) is 24.3 Å². The number of carbonyl (C=O) groups is 1. The van der Waals surface area contributed by atoms with Crippen LogP contribution in [0.4, 0.5) is 10.1 Å². The Labute approximate surface area is 164 Å². The number of nitrogens with zero attached hydrogens (tertiary/aromatic N) is 1. The SMILES string of the molecule is O=C(C=Cc1ccc(F)cc1)Nc1ccc(S(=O)(=O)N2CCCCCC2)cc1. The third-order valence-corrected chi connectivity index (χ3v) is 6.53. The minimum absolute atomic E-state index is 0.231. The van der Waals surface area contributed by atoms with Gasteiger partial charge in [-0.2, -0.15) is 4.31 Å². The topological polar surface area (TPSA) is 66.5 Å². The molecule has 0 atom stereocenters. The molecule has 1 aliphatic rings. The van der Waals surface area contributed by atoms with Crippen LogP contribution in [0.1, 0.15) is 31.2 Å². The van der Waals surface area contributed by atoms with Crippen molar-refractivity contribution in [1.29, 1.82) is 0 Å². The summed E-state index contributed by atoms with van der Waals surface area (Å²) >= 11 is 0. The van der Waals surface area contributed by atoms with Crippen molar-refractivity contribution >= 4 is 27.7 Å². The maximum absolute atomic E-state index is 12.9. The van der Waals surface area contributed by atoms with Gasteiger partial charge in [-0.15, -0.1) is 0 Å². The molecule has 0 spiro atoms. The molecule has 0 radical (unpaired) electrons. The van der Waals surface area contributed by atoms with Gasteiger partial charge in [0.2, 0.25) is 15.9 Å². The molecule has 1 heterocycles. The monoisotopic (exact) mass is 402 g/mol. The van der Waals surface area contributed by atoms with E-state index in [0.717, 1.165) is 25.7 Å². The summed E-state index contributed by atoms with van der Waals surface area (Å²) in [6, 6.07) is 12.0. The second-order valence-corrected chi connectivity index (χ2v) is 8.65. The Hall–Kier alpha value is -2.51. The van der Waals surface area contributed by atoms with Crippen LogP contribution in [0.3, 0.4) is 0 Å². The van der Waals surface area contributed by atoms with Crippen LogP contribution in [0.15, 0.2) is 59.5 Å². The Balaban J connectivity index is 1.63. The van der Waals surface area contributed by atoms with Crippen molar-refractivity contribution in [3.8, 4) is 0 Å². The van der Waals surface area contributed by atoms with Gasteiger partial charge in [-0.25, -0.2) is 12.8 Å². The first-order valence-electron chi connectivity index (χ1n) is 9.30. The highest BCUT2D eigenvalue weighted by molar-refractivity contribution is 7.89. The normalized spacial score (nSPS) is 16.0. The highest BCUT2D eigenvalue weighted by Gasteiger charge is 2.24. The molecule has 7 heteroatoms. The molecule has 5 nitrogen and oxygen atoms in total. The zero-order valence-electron chi connectivity index (χ0n) is 15.5. The maximum Gasteiger partial charge on any atom is 0.248 e. The van der Waals surface area contributed by atoms with Crippen LogP contribution in [0.5, 0.6) is 0 Å². The van der Waals surface area contributed by atoms with Crippen molar-refractivity contribution in [2.24, 2.45) is 0 Å². The number of hydrogen-bond acceptors (Lipinski definition) is 3. The zero-order valence-corrected chi connectivity index (χ0v) is 16.3. The first-order chi connectivity index (χ1) is 13.4. The lowest BCUT2D eigenvalue weighted by Gasteiger charge is -2.20. The fourth-order valence-corrected chi connectivity index (χ4v) is 4.59. The molecular weight excluding hydrogens is 379 g/mol. The fraction of sp³-hybridized carbons (Fsp3) is 0.286. The number of carbonyl (C=O) groups excluding carboxylic acids is 1. The molecule has 3 rings (SSSR count). The van der Waals surface area contributed by atoms with Gasteiger partial charge in [-0.3, -0.25) is 4.79 Å². The second-order valence-electron chi connectivity index (χ2n) is 6.72. The summed E-state index contributed by atoms with van der Waals surface area (Å²) in [5.74, 6) is -0.690. The first kappa shape index (κ1) is 20.2. The number of rotatable bonds is 5. The van der Waals surface area contributed by atoms with Gasteiger partial charge in [0.05, 0.1) is 4.90 Å². The first-order valence-corrected chi connectivity index (χ1v) is 10.7. The number of anilines is 1. The third kappa shape index (κ3) is 5.27. The summed E-state index contributed by atoms with van der Waals surface area (Å²) in [4.78, 5) is 12.3. The summed E-state index contributed by atoms with van der Waals surface area (Å²) in [5.41, 5.74) is 1.21. The molecule has 28 heavy (non-hydrogen) atoms. The Kier molecular flexibility index (Phi) is 6.59. The van der Waals surface area contributed by atoms with Crippen molar-refractivity contribution in [2.75, 3.05) is 18.4 Å². The van der Waals surface area contributed by atoms with Crippen LogP contribution in [-0.2, 0) is 14.8 Å². The standard InChI is InChI=1S/C21H23FN2O3S/c22-18-8-5-17(6-9-18)7-14-21(25)23-19-10-12-20(13-11-19)28(26,27)24-15-3-1-2-4-16-24/h5-14H,1-4,15-16H2,(H,23,25). The van der Waals surface area contributed by atoms with Crippen LogP contribution in [0.2, 0.25) is 0 Å². The number of benzene rings is 2.